The van der Waals surface area contributed by atoms with Gasteiger partial charge in [-0.1, -0.05) is 11.6 Å². The second kappa shape index (κ2) is 15.7. The number of halogens is 3. The molecule has 4 aliphatic heterocycles. The first kappa shape index (κ1) is 40.5. The molecule has 326 valence electrons. The number of aromatic nitrogens is 5. The monoisotopic (exact) mass is 869 g/mol. The van der Waals surface area contributed by atoms with E-state index < -0.39 is 30.0 Å². The molecule has 2 amide bonds. The van der Waals surface area contributed by atoms with Gasteiger partial charge in [-0.15, -0.1) is 0 Å². The number of rotatable bonds is 8. The van der Waals surface area contributed by atoms with E-state index in [1.54, 1.807) is 25.4 Å². The Labute approximate surface area is 361 Å². The molecule has 3 unspecified atom stereocenters. The second-order valence-electron chi connectivity index (χ2n) is 17.6. The number of piperazine rings is 1. The molecule has 1 aliphatic carbocycles. The quantitative estimate of drug-likeness (QED) is 0.162. The maximum atomic E-state index is 15.2. The average Bonchev–Trinajstić information content (AvgIpc) is 4.08. The maximum absolute atomic E-state index is 15.2. The number of anilines is 5. The van der Waals surface area contributed by atoms with Gasteiger partial charge in [-0.05, 0) is 87.3 Å². The Bertz CT molecular complexity index is 2650. The van der Waals surface area contributed by atoms with Gasteiger partial charge in [0.2, 0.25) is 23.5 Å². The van der Waals surface area contributed by atoms with Crippen LogP contribution in [-0.2, 0) is 23.7 Å². The van der Waals surface area contributed by atoms with Crippen LogP contribution in [0.4, 0.5) is 37.6 Å². The normalized spacial score (nSPS) is 22.8. The molecule has 2 aromatic carbocycles. The fourth-order valence-electron chi connectivity index (χ4n) is 9.97. The van der Waals surface area contributed by atoms with Crippen molar-refractivity contribution in [1.29, 1.82) is 0 Å². The maximum Gasteiger partial charge on any atom is 0.301 e. The molecule has 3 saturated heterocycles. The lowest BCUT2D eigenvalue weighted by Gasteiger charge is -2.43. The van der Waals surface area contributed by atoms with Gasteiger partial charge in [0.15, 0.2) is 12.4 Å². The lowest BCUT2D eigenvalue weighted by molar-refractivity contribution is -0.134. The Morgan fingerprint density at radius 1 is 0.919 bits per heavy atom. The summed E-state index contributed by atoms with van der Waals surface area (Å²) in [6.45, 7) is 6.63. The zero-order valence-electron chi connectivity index (χ0n) is 35.0. The highest BCUT2D eigenvalue weighted by Gasteiger charge is 2.51. The minimum Gasteiger partial charge on any atom is -0.480 e. The second-order valence-corrected chi connectivity index (χ2v) is 18.0. The lowest BCUT2D eigenvalue weighted by atomic mass is 9.88. The summed E-state index contributed by atoms with van der Waals surface area (Å²) >= 11 is 6.64. The molecule has 5 aromatic rings. The number of amides is 2. The highest BCUT2D eigenvalue weighted by Crippen LogP contribution is 2.46. The van der Waals surface area contributed by atoms with E-state index in [1.165, 1.54) is 4.57 Å². The minimum atomic E-state index is -3.13. The van der Waals surface area contributed by atoms with Gasteiger partial charge in [0.05, 0.1) is 40.6 Å². The minimum absolute atomic E-state index is 0.107. The molecule has 0 bridgehead atoms. The number of carbonyl (C=O) groups excluding carboxylic acids is 2. The largest absolute Gasteiger partial charge is 0.480 e. The number of aryl methyl sites for hydroxylation is 2. The molecule has 3 atom stereocenters. The van der Waals surface area contributed by atoms with E-state index in [0.717, 1.165) is 74.4 Å². The molecule has 1 saturated carbocycles. The van der Waals surface area contributed by atoms with Crippen LogP contribution in [-0.4, -0.2) is 105 Å². The molecule has 0 radical (unpaired) electrons. The SMILES string of the molecule is CC(C1CCN(c2ccc3c(C4CCC(=O)NC4=O)nn(C)c3c2)CC1)N1CCN(c2ncc(Cl)c(Nc3ccc4c(c3)c3c(c(=O)n4C)OCC(F)(F)C(C4CC4)N3)n2)CC1. The number of pyridine rings is 1. The third-order valence-electron chi connectivity index (χ3n) is 13.8. The Hall–Kier alpha value is -5.55. The van der Waals surface area contributed by atoms with Crippen LogP contribution in [0.15, 0.2) is 47.4 Å². The number of benzene rings is 2. The summed E-state index contributed by atoms with van der Waals surface area (Å²) in [7, 11) is 3.51. The van der Waals surface area contributed by atoms with E-state index in [9.17, 15) is 14.4 Å². The van der Waals surface area contributed by atoms with Crippen LogP contribution in [0.5, 0.6) is 5.75 Å². The fourth-order valence-corrected chi connectivity index (χ4v) is 10.1. The number of hydrogen-bond acceptors (Lipinski definition) is 12. The summed E-state index contributed by atoms with van der Waals surface area (Å²) < 4.78 is 39.1. The molecular weight excluding hydrogens is 820 g/mol. The Morgan fingerprint density at radius 2 is 1.69 bits per heavy atom. The fraction of sp³-hybridized carbons (Fsp3) is 0.500. The van der Waals surface area contributed by atoms with Crippen molar-refractivity contribution in [2.75, 3.05) is 66.3 Å². The first-order chi connectivity index (χ1) is 29.8. The number of fused-ring (bicyclic) bond motifs is 4. The third-order valence-corrected chi connectivity index (χ3v) is 14.1. The van der Waals surface area contributed by atoms with Gasteiger partial charge in [-0.2, -0.15) is 10.1 Å². The number of piperidine rings is 2. The first-order valence-corrected chi connectivity index (χ1v) is 22.0. The zero-order chi connectivity index (χ0) is 43.0. The number of alkyl halides is 2. The summed E-state index contributed by atoms with van der Waals surface area (Å²) in [4.78, 5) is 54.2. The summed E-state index contributed by atoms with van der Waals surface area (Å²) in [6, 6.07) is 11.0. The van der Waals surface area contributed by atoms with Gasteiger partial charge >= 0.3 is 5.92 Å². The third kappa shape index (κ3) is 7.35. The predicted octanol–water partition coefficient (Wildman–Crippen LogP) is 5.78. The van der Waals surface area contributed by atoms with Crippen LogP contribution in [0.25, 0.3) is 21.8 Å². The zero-order valence-corrected chi connectivity index (χ0v) is 35.7. The molecule has 7 heterocycles. The van der Waals surface area contributed by atoms with Crippen molar-refractivity contribution in [3.05, 3.63) is 63.7 Å². The summed E-state index contributed by atoms with van der Waals surface area (Å²) in [5.74, 6) is -2.82. The van der Waals surface area contributed by atoms with Crippen molar-refractivity contribution >= 4 is 74.0 Å². The van der Waals surface area contributed by atoms with Crippen molar-refractivity contribution in [3.63, 3.8) is 0 Å². The van der Waals surface area contributed by atoms with Crippen LogP contribution < -0.4 is 36.0 Å². The average molecular weight is 870 g/mol. The molecule has 10 rings (SSSR count). The van der Waals surface area contributed by atoms with E-state index in [4.69, 9.17) is 26.4 Å². The van der Waals surface area contributed by atoms with E-state index in [0.29, 0.717) is 71.0 Å². The predicted molar refractivity (Wildman–Crippen MR) is 234 cm³/mol. The van der Waals surface area contributed by atoms with Crippen molar-refractivity contribution in [2.24, 2.45) is 25.9 Å². The summed E-state index contributed by atoms with van der Waals surface area (Å²) in [5, 5.41) is 15.4. The topological polar surface area (TPSA) is 155 Å². The highest BCUT2D eigenvalue weighted by atomic mass is 35.5. The van der Waals surface area contributed by atoms with E-state index >= 15 is 8.78 Å². The van der Waals surface area contributed by atoms with E-state index in [-0.39, 0.29) is 29.2 Å². The van der Waals surface area contributed by atoms with Gasteiger partial charge in [-0.3, -0.25) is 29.3 Å². The lowest BCUT2D eigenvalue weighted by Crippen LogP contribution is -2.53. The van der Waals surface area contributed by atoms with Crippen molar-refractivity contribution in [3.8, 4) is 5.75 Å². The molecule has 5 aliphatic rings. The van der Waals surface area contributed by atoms with Gasteiger partial charge < -0.3 is 29.7 Å². The molecule has 4 fully saturated rings. The number of carbonyl (C=O) groups is 2. The highest BCUT2D eigenvalue weighted by molar-refractivity contribution is 6.33. The van der Waals surface area contributed by atoms with Crippen molar-refractivity contribution < 1.29 is 23.1 Å². The molecule has 3 N–H and O–H groups in total. The standard InChI is InChI=1S/C44H50ClF2N11O4/c1-24(25-12-14-57(15-13-25)28-7-8-29-34(21-28)55(3)53-36(29)30-9-11-35(59)50-41(30)60)56-16-18-58(19-17-56)43-48-22-32(45)40(52-43)49-27-6-10-33-31(20-27)37-38(42(61)54(33)2)62-23-44(46,47)39(51-37)26-4-5-26/h6-8,10,20-22,24-26,30,39,51H,4-5,9,11-19,23H2,1-3H3,(H,48,49,52)(H,50,59,60). The smallest absolute Gasteiger partial charge is 0.301 e. The van der Waals surface area contributed by atoms with E-state index in [2.05, 4.69) is 60.8 Å². The van der Waals surface area contributed by atoms with E-state index in [1.807, 2.05) is 17.8 Å². The van der Waals surface area contributed by atoms with Crippen LogP contribution >= 0.6 is 11.6 Å². The molecule has 0 spiro atoms. The van der Waals surface area contributed by atoms with Gasteiger partial charge in [0, 0.05) is 88.0 Å². The van der Waals surface area contributed by atoms with Crippen molar-refractivity contribution in [2.45, 2.75) is 69.4 Å². The first-order valence-electron chi connectivity index (χ1n) is 21.6. The van der Waals surface area contributed by atoms with Gasteiger partial charge in [0.25, 0.3) is 5.56 Å². The summed E-state index contributed by atoms with van der Waals surface area (Å²) in [6.07, 6.45) is 5.94. The van der Waals surface area contributed by atoms with Crippen LogP contribution in [0.3, 0.4) is 0 Å². The number of nitrogens with zero attached hydrogens (tertiary/aromatic N) is 8. The van der Waals surface area contributed by atoms with Crippen molar-refractivity contribution in [1.82, 2.24) is 34.5 Å². The van der Waals surface area contributed by atoms with Gasteiger partial charge in [-0.25, -0.2) is 13.8 Å². The van der Waals surface area contributed by atoms with Crippen LogP contribution in [0.2, 0.25) is 5.02 Å². The Kier molecular flexibility index (Phi) is 10.2. The summed E-state index contributed by atoms with van der Waals surface area (Å²) in [5.41, 5.74) is 3.85. The van der Waals surface area contributed by atoms with Crippen LogP contribution in [0, 0.1) is 11.8 Å². The Balaban J connectivity index is 0.776. The number of ether oxygens (including phenoxy) is 1. The number of hydrogen-bond donors (Lipinski definition) is 3. The molecule has 3 aromatic heterocycles. The Morgan fingerprint density at radius 3 is 2.44 bits per heavy atom. The number of nitrogens with one attached hydrogen (secondary N) is 3. The number of imide groups is 1. The molecule has 62 heavy (non-hydrogen) atoms. The molecule has 18 heteroatoms. The molecule has 15 nitrogen and oxygen atoms in total. The molecular formula is C44H50ClF2N11O4. The van der Waals surface area contributed by atoms with Crippen LogP contribution in [0.1, 0.15) is 57.1 Å². The van der Waals surface area contributed by atoms with Gasteiger partial charge in [0.1, 0.15) is 5.02 Å².